The Balaban J connectivity index is 1.85. The largest absolute Gasteiger partial charge is 0.469 e. The van der Waals surface area contributed by atoms with Crippen LogP contribution in [0, 0.1) is 0 Å². The summed E-state index contributed by atoms with van der Waals surface area (Å²) in [5.41, 5.74) is 0.695. The fourth-order valence-electron chi connectivity index (χ4n) is 2.33. The molecular weight excluding hydrogens is 336 g/mol. The second-order valence-electron chi connectivity index (χ2n) is 4.94. The van der Waals surface area contributed by atoms with E-state index in [4.69, 9.17) is 0 Å². The molecule has 0 saturated carbocycles. The number of hydrogen-bond acceptors (Lipinski definition) is 4. The van der Waals surface area contributed by atoms with Gasteiger partial charge < -0.3 is 9.64 Å². The molecule has 2 rings (SSSR count). The van der Waals surface area contributed by atoms with Crippen LogP contribution in [0.4, 0.5) is 0 Å². The Morgan fingerprint density at radius 2 is 1.86 bits per heavy atom. The minimum absolute atomic E-state index is 0.0510. The maximum Gasteiger partial charge on any atom is 0.306 e. The van der Waals surface area contributed by atoms with E-state index in [1.807, 2.05) is 29.2 Å². The Morgan fingerprint density at radius 3 is 2.48 bits per heavy atom. The fraction of sp³-hybridized carbons (Fsp3) is 0.467. The van der Waals surface area contributed by atoms with Crippen molar-refractivity contribution in [3.05, 3.63) is 34.3 Å². The number of methoxy groups -OCH3 is 1. The van der Waals surface area contributed by atoms with Crippen LogP contribution in [0.15, 0.2) is 28.7 Å². The monoisotopic (exact) mass is 354 g/mol. The molecule has 1 aromatic carbocycles. The lowest BCUT2D eigenvalue weighted by atomic mass is 10.2. The minimum atomic E-state index is -0.193. The van der Waals surface area contributed by atoms with Crippen molar-refractivity contribution < 1.29 is 14.3 Å². The van der Waals surface area contributed by atoms with Crippen molar-refractivity contribution in [2.24, 2.45) is 0 Å². The third-order valence-corrected chi connectivity index (χ3v) is 4.32. The number of amides is 1. The van der Waals surface area contributed by atoms with Crippen LogP contribution < -0.4 is 0 Å². The van der Waals surface area contributed by atoms with Crippen LogP contribution in [-0.2, 0) is 9.53 Å². The van der Waals surface area contributed by atoms with E-state index in [-0.39, 0.29) is 11.9 Å². The van der Waals surface area contributed by atoms with Gasteiger partial charge in [0.05, 0.1) is 19.1 Å². The maximum atomic E-state index is 12.4. The third kappa shape index (κ3) is 4.28. The normalized spacial score (nSPS) is 15.8. The first kappa shape index (κ1) is 16.0. The van der Waals surface area contributed by atoms with Gasteiger partial charge in [0, 0.05) is 37.2 Å². The fourth-order valence-corrected chi connectivity index (χ4v) is 2.79. The number of halogens is 1. The average molecular weight is 355 g/mol. The Bertz CT molecular complexity index is 513. The first-order chi connectivity index (χ1) is 10.1. The molecule has 0 aliphatic carbocycles. The summed E-state index contributed by atoms with van der Waals surface area (Å²) < 4.78 is 5.46. The van der Waals surface area contributed by atoms with Gasteiger partial charge in [0.25, 0.3) is 5.91 Å². The van der Waals surface area contributed by atoms with E-state index < -0.39 is 0 Å². The lowest BCUT2D eigenvalue weighted by molar-refractivity contribution is -0.141. The second kappa shape index (κ2) is 7.56. The average Bonchev–Trinajstić information content (AvgIpc) is 2.53. The number of esters is 1. The van der Waals surface area contributed by atoms with Gasteiger partial charge in [-0.2, -0.15) is 0 Å². The first-order valence-electron chi connectivity index (χ1n) is 6.95. The second-order valence-corrected chi connectivity index (χ2v) is 5.79. The SMILES string of the molecule is COC(=O)CCN1CCN(C(=O)c2ccccc2Br)CC1. The number of rotatable bonds is 4. The molecule has 21 heavy (non-hydrogen) atoms. The van der Waals surface area contributed by atoms with E-state index in [9.17, 15) is 9.59 Å². The number of piperazine rings is 1. The smallest absolute Gasteiger partial charge is 0.306 e. The predicted molar refractivity (Wildman–Crippen MR) is 83.1 cm³/mol. The van der Waals surface area contributed by atoms with Gasteiger partial charge in [-0.3, -0.25) is 14.5 Å². The summed E-state index contributed by atoms with van der Waals surface area (Å²) in [7, 11) is 1.40. The van der Waals surface area contributed by atoms with Crippen LogP contribution in [0.2, 0.25) is 0 Å². The molecule has 0 unspecified atom stereocenters. The molecule has 1 aliphatic heterocycles. The summed E-state index contributed by atoms with van der Waals surface area (Å²) in [6.45, 7) is 3.62. The molecule has 6 heteroatoms. The van der Waals surface area contributed by atoms with Crippen molar-refractivity contribution >= 4 is 27.8 Å². The molecule has 1 aromatic rings. The van der Waals surface area contributed by atoms with E-state index in [0.29, 0.717) is 31.6 Å². The predicted octanol–water partition coefficient (Wildman–Crippen LogP) is 1.77. The number of carbonyl (C=O) groups excluding carboxylic acids is 2. The first-order valence-corrected chi connectivity index (χ1v) is 7.74. The molecule has 1 fully saturated rings. The third-order valence-electron chi connectivity index (χ3n) is 3.62. The van der Waals surface area contributed by atoms with Crippen LogP contribution in [0.25, 0.3) is 0 Å². The molecule has 0 N–H and O–H groups in total. The molecule has 114 valence electrons. The van der Waals surface area contributed by atoms with Gasteiger partial charge in [0.2, 0.25) is 0 Å². The van der Waals surface area contributed by atoms with E-state index in [1.165, 1.54) is 7.11 Å². The van der Waals surface area contributed by atoms with Crippen molar-refractivity contribution in [1.82, 2.24) is 9.80 Å². The number of benzene rings is 1. The summed E-state index contributed by atoms with van der Waals surface area (Å²) in [5, 5.41) is 0. The summed E-state index contributed by atoms with van der Waals surface area (Å²) in [4.78, 5) is 27.6. The highest BCUT2D eigenvalue weighted by molar-refractivity contribution is 9.10. The quantitative estimate of drug-likeness (QED) is 0.773. The van der Waals surface area contributed by atoms with Gasteiger partial charge in [-0.1, -0.05) is 12.1 Å². The lowest BCUT2D eigenvalue weighted by Gasteiger charge is -2.34. The topological polar surface area (TPSA) is 49.9 Å². The van der Waals surface area contributed by atoms with Crippen molar-refractivity contribution in [3.8, 4) is 0 Å². The Kier molecular flexibility index (Phi) is 5.76. The van der Waals surface area contributed by atoms with Gasteiger partial charge in [0.15, 0.2) is 0 Å². The highest BCUT2D eigenvalue weighted by Crippen LogP contribution is 2.18. The molecule has 1 heterocycles. The molecule has 1 amide bonds. The maximum absolute atomic E-state index is 12.4. The standard InChI is InChI=1S/C15H19BrN2O3/c1-21-14(19)6-7-17-8-10-18(11-9-17)15(20)12-4-2-3-5-13(12)16/h2-5H,6-11H2,1H3. The summed E-state index contributed by atoms with van der Waals surface area (Å²) in [6.07, 6.45) is 0.397. The molecule has 1 aliphatic rings. The molecule has 0 atom stereocenters. The van der Waals surface area contributed by atoms with Gasteiger partial charge >= 0.3 is 5.97 Å². The van der Waals surface area contributed by atoms with Crippen molar-refractivity contribution in [3.63, 3.8) is 0 Å². The van der Waals surface area contributed by atoms with E-state index in [2.05, 4.69) is 25.6 Å². The zero-order valence-corrected chi connectivity index (χ0v) is 13.6. The van der Waals surface area contributed by atoms with Crippen molar-refractivity contribution in [1.29, 1.82) is 0 Å². The number of nitrogens with zero attached hydrogens (tertiary/aromatic N) is 2. The highest BCUT2D eigenvalue weighted by atomic mass is 79.9. The summed E-state index contributed by atoms with van der Waals surface area (Å²) >= 11 is 3.41. The molecular formula is C15H19BrN2O3. The van der Waals surface area contributed by atoms with Crippen LogP contribution in [0.1, 0.15) is 16.8 Å². The molecule has 0 spiro atoms. The van der Waals surface area contributed by atoms with Gasteiger partial charge in [-0.25, -0.2) is 0 Å². The Morgan fingerprint density at radius 1 is 1.19 bits per heavy atom. The summed E-state index contributed by atoms with van der Waals surface area (Å²) in [6, 6.07) is 7.46. The van der Waals surface area contributed by atoms with Gasteiger partial charge in [-0.05, 0) is 28.1 Å². The van der Waals surface area contributed by atoms with Crippen LogP contribution in [-0.4, -0.2) is 61.5 Å². The number of carbonyl (C=O) groups is 2. The molecule has 0 aromatic heterocycles. The van der Waals surface area contributed by atoms with Gasteiger partial charge in [0.1, 0.15) is 0 Å². The van der Waals surface area contributed by atoms with E-state index >= 15 is 0 Å². The molecule has 0 bridgehead atoms. The lowest BCUT2D eigenvalue weighted by Crippen LogP contribution is -2.49. The van der Waals surface area contributed by atoms with Gasteiger partial charge in [-0.15, -0.1) is 0 Å². The summed E-state index contributed by atoms with van der Waals surface area (Å²) in [5.74, 6) is -0.142. The van der Waals surface area contributed by atoms with Crippen LogP contribution >= 0.6 is 15.9 Å². The zero-order valence-electron chi connectivity index (χ0n) is 12.0. The Labute approximate surface area is 133 Å². The van der Waals surface area contributed by atoms with Crippen molar-refractivity contribution in [2.45, 2.75) is 6.42 Å². The molecule has 0 radical (unpaired) electrons. The van der Waals surface area contributed by atoms with Crippen LogP contribution in [0.3, 0.4) is 0 Å². The number of ether oxygens (including phenoxy) is 1. The van der Waals surface area contributed by atoms with E-state index in [0.717, 1.165) is 17.6 Å². The Hall–Kier alpha value is -1.40. The molecule has 5 nitrogen and oxygen atoms in total. The van der Waals surface area contributed by atoms with E-state index in [1.54, 1.807) is 0 Å². The zero-order chi connectivity index (χ0) is 15.2. The van der Waals surface area contributed by atoms with Crippen LogP contribution in [0.5, 0.6) is 0 Å². The number of hydrogen-bond donors (Lipinski definition) is 0. The van der Waals surface area contributed by atoms with Crippen molar-refractivity contribution in [2.75, 3.05) is 39.8 Å². The highest BCUT2D eigenvalue weighted by Gasteiger charge is 2.23. The molecule has 1 saturated heterocycles. The minimum Gasteiger partial charge on any atom is -0.469 e.